The number of ether oxygens (including phenoxy) is 1. The molecule has 1 aliphatic heterocycles. The summed E-state index contributed by atoms with van der Waals surface area (Å²) in [6, 6.07) is 11.2. The summed E-state index contributed by atoms with van der Waals surface area (Å²) in [5, 5.41) is 0. The average Bonchev–Trinajstić information content (AvgIpc) is 2.80. The van der Waals surface area contributed by atoms with Crippen LogP contribution in [-0.4, -0.2) is 12.7 Å². The molecule has 0 saturated carbocycles. The topological polar surface area (TPSA) is 9.23 Å². The fourth-order valence-electron chi connectivity index (χ4n) is 5.27. The molecule has 0 spiro atoms. The highest BCUT2D eigenvalue weighted by Crippen LogP contribution is 2.28. The van der Waals surface area contributed by atoms with Crippen LogP contribution < -0.4 is 0 Å². The first kappa shape index (κ1) is 26.4. The van der Waals surface area contributed by atoms with Crippen LogP contribution in [0.25, 0.3) is 0 Å². The Morgan fingerprint density at radius 2 is 1.19 bits per heavy atom. The summed E-state index contributed by atoms with van der Waals surface area (Å²) in [6.45, 7) is 3.30. The van der Waals surface area contributed by atoms with Crippen LogP contribution in [0.1, 0.15) is 147 Å². The molecular weight excluding hydrogens is 376 g/mol. The number of rotatable bonds is 6. The van der Waals surface area contributed by atoms with Gasteiger partial charge in [0.2, 0.25) is 0 Å². The lowest BCUT2D eigenvalue weighted by molar-refractivity contribution is 0.0347. The molecule has 0 aliphatic carbocycles. The predicted molar refractivity (Wildman–Crippen MR) is 137 cm³/mol. The molecule has 2 unspecified atom stereocenters. The maximum atomic E-state index is 6.47. The molecule has 0 aromatic heterocycles. The first-order chi connectivity index (χ1) is 15.4. The molecule has 1 saturated heterocycles. The third-order valence-corrected chi connectivity index (χ3v) is 7.27. The minimum absolute atomic E-state index is 0.477. The molecule has 0 radical (unpaired) electrons. The summed E-state index contributed by atoms with van der Waals surface area (Å²) in [7, 11) is 0. The summed E-state index contributed by atoms with van der Waals surface area (Å²) in [5.74, 6) is 0.701. The number of benzene rings is 1. The van der Waals surface area contributed by atoms with Gasteiger partial charge in [0.15, 0.2) is 0 Å². The van der Waals surface area contributed by atoms with Gasteiger partial charge in [-0.15, -0.1) is 0 Å². The molecule has 0 N–H and O–H groups in total. The smallest absolute Gasteiger partial charge is 0.0575 e. The van der Waals surface area contributed by atoms with E-state index in [0.29, 0.717) is 12.0 Å². The Morgan fingerprint density at radius 3 is 1.74 bits per heavy atom. The number of hydrogen-bond acceptors (Lipinski definition) is 1. The Hall–Kier alpha value is -0.820. The lowest BCUT2D eigenvalue weighted by Crippen LogP contribution is -2.16. The summed E-state index contributed by atoms with van der Waals surface area (Å²) in [4.78, 5) is 0. The van der Waals surface area contributed by atoms with E-state index in [9.17, 15) is 0 Å². The van der Waals surface area contributed by atoms with Crippen LogP contribution in [0.2, 0.25) is 0 Å². The van der Waals surface area contributed by atoms with Gasteiger partial charge < -0.3 is 4.74 Å². The van der Waals surface area contributed by atoms with E-state index in [4.69, 9.17) is 4.74 Å². The second-order valence-electron chi connectivity index (χ2n) is 10.1. The molecule has 1 heterocycles. The normalized spacial score (nSPS) is 22.7. The van der Waals surface area contributed by atoms with Crippen LogP contribution in [0.3, 0.4) is 0 Å². The highest BCUT2D eigenvalue weighted by atomic mass is 16.5. The van der Waals surface area contributed by atoms with Crippen LogP contribution in [0.15, 0.2) is 30.3 Å². The second-order valence-corrected chi connectivity index (χ2v) is 10.1. The van der Waals surface area contributed by atoms with Gasteiger partial charge in [-0.2, -0.15) is 0 Å². The first-order valence-corrected chi connectivity index (χ1v) is 14.1. The lowest BCUT2D eigenvalue weighted by Gasteiger charge is -2.22. The van der Waals surface area contributed by atoms with Crippen molar-refractivity contribution in [3.8, 4) is 0 Å². The zero-order valence-electron chi connectivity index (χ0n) is 20.8. The highest BCUT2D eigenvalue weighted by Gasteiger charge is 2.15. The molecule has 178 valence electrons. The molecule has 1 aliphatic rings. The molecule has 1 aromatic carbocycles. The van der Waals surface area contributed by atoms with Crippen molar-refractivity contribution in [3.63, 3.8) is 0 Å². The van der Waals surface area contributed by atoms with Gasteiger partial charge in [-0.05, 0) is 43.6 Å². The van der Waals surface area contributed by atoms with E-state index in [0.717, 1.165) is 6.61 Å². The summed E-state index contributed by atoms with van der Waals surface area (Å²) < 4.78 is 6.47. The summed E-state index contributed by atoms with van der Waals surface area (Å²) in [6.07, 6.45) is 28.1. The van der Waals surface area contributed by atoms with Gasteiger partial charge in [0.05, 0.1) is 6.10 Å². The SMILES string of the molecule is CCCC(CCC1CCCCCCCCCCCCCCCCCO1)c1ccccc1. The quantitative estimate of drug-likeness (QED) is 0.438. The van der Waals surface area contributed by atoms with Crippen molar-refractivity contribution in [2.45, 2.75) is 147 Å². The first-order valence-electron chi connectivity index (χ1n) is 14.1. The maximum absolute atomic E-state index is 6.47. The largest absolute Gasteiger partial charge is 0.378 e. The third-order valence-electron chi connectivity index (χ3n) is 7.27. The Balaban J connectivity index is 1.78. The molecule has 1 fully saturated rings. The minimum Gasteiger partial charge on any atom is -0.378 e. The van der Waals surface area contributed by atoms with E-state index in [1.807, 2.05) is 0 Å². The second kappa shape index (κ2) is 18.7. The molecule has 1 nitrogen and oxygen atoms in total. The van der Waals surface area contributed by atoms with Gasteiger partial charge in [-0.25, -0.2) is 0 Å². The summed E-state index contributed by atoms with van der Waals surface area (Å²) >= 11 is 0. The fourth-order valence-corrected chi connectivity index (χ4v) is 5.27. The van der Waals surface area contributed by atoms with E-state index in [1.165, 1.54) is 134 Å². The standard InChI is InChI=1S/C30H52O/c1-2-21-28(29-22-17-16-18-23-29)25-26-30-24-19-14-12-10-8-6-4-3-5-7-9-11-13-15-20-27-31-30/h16-18,22-23,28,30H,2-15,19-21,24-27H2,1H3. The van der Waals surface area contributed by atoms with Crippen molar-refractivity contribution < 1.29 is 4.74 Å². The van der Waals surface area contributed by atoms with Crippen molar-refractivity contribution in [3.05, 3.63) is 35.9 Å². The van der Waals surface area contributed by atoms with Gasteiger partial charge in [0.1, 0.15) is 0 Å². The van der Waals surface area contributed by atoms with Crippen molar-refractivity contribution in [1.82, 2.24) is 0 Å². The van der Waals surface area contributed by atoms with E-state index < -0.39 is 0 Å². The predicted octanol–water partition coefficient (Wildman–Crippen LogP) is 9.99. The molecule has 1 aromatic rings. The van der Waals surface area contributed by atoms with E-state index in [-0.39, 0.29) is 0 Å². The van der Waals surface area contributed by atoms with Gasteiger partial charge in [0.25, 0.3) is 0 Å². The van der Waals surface area contributed by atoms with Crippen molar-refractivity contribution in [2.24, 2.45) is 0 Å². The van der Waals surface area contributed by atoms with Gasteiger partial charge in [0, 0.05) is 6.61 Å². The monoisotopic (exact) mass is 428 g/mol. The van der Waals surface area contributed by atoms with Gasteiger partial charge >= 0.3 is 0 Å². The Bertz CT molecular complexity index is 476. The molecule has 2 atom stereocenters. The van der Waals surface area contributed by atoms with Crippen LogP contribution >= 0.6 is 0 Å². The molecule has 1 heteroatoms. The maximum Gasteiger partial charge on any atom is 0.0575 e. The average molecular weight is 429 g/mol. The highest BCUT2D eigenvalue weighted by molar-refractivity contribution is 5.19. The molecule has 31 heavy (non-hydrogen) atoms. The lowest BCUT2D eigenvalue weighted by atomic mass is 9.88. The van der Waals surface area contributed by atoms with E-state index >= 15 is 0 Å². The van der Waals surface area contributed by atoms with Crippen LogP contribution in [-0.2, 0) is 4.74 Å². The van der Waals surface area contributed by atoms with Gasteiger partial charge in [-0.3, -0.25) is 0 Å². The fraction of sp³-hybridized carbons (Fsp3) is 0.800. The molecule has 2 rings (SSSR count). The Morgan fingerprint density at radius 1 is 0.677 bits per heavy atom. The Labute approximate surface area is 194 Å². The van der Waals surface area contributed by atoms with Crippen molar-refractivity contribution >= 4 is 0 Å². The van der Waals surface area contributed by atoms with Gasteiger partial charge in [-0.1, -0.05) is 134 Å². The summed E-state index contributed by atoms with van der Waals surface area (Å²) in [5.41, 5.74) is 1.53. The van der Waals surface area contributed by atoms with Crippen molar-refractivity contribution in [2.75, 3.05) is 6.61 Å². The third kappa shape index (κ3) is 13.4. The van der Waals surface area contributed by atoms with Crippen LogP contribution in [0.4, 0.5) is 0 Å². The number of hydrogen-bond donors (Lipinski definition) is 0. The molecular formula is C30H52O. The zero-order chi connectivity index (χ0) is 21.8. The van der Waals surface area contributed by atoms with E-state index in [1.54, 1.807) is 0 Å². The minimum atomic E-state index is 0.477. The molecule has 0 bridgehead atoms. The van der Waals surface area contributed by atoms with Crippen LogP contribution in [0, 0.1) is 0 Å². The zero-order valence-corrected chi connectivity index (χ0v) is 20.8. The van der Waals surface area contributed by atoms with E-state index in [2.05, 4.69) is 37.3 Å². The molecule has 0 amide bonds. The van der Waals surface area contributed by atoms with Crippen molar-refractivity contribution in [1.29, 1.82) is 0 Å². The Kier molecular flexibility index (Phi) is 16.0. The van der Waals surface area contributed by atoms with Crippen LogP contribution in [0.5, 0.6) is 0 Å².